The summed E-state index contributed by atoms with van der Waals surface area (Å²) in [6.07, 6.45) is 1.38. The van der Waals surface area contributed by atoms with E-state index in [-0.39, 0.29) is 29.0 Å². The van der Waals surface area contributed by atoms with E-state index in [1.54, 1.807) is 11.9 Å². The molecule has 0 aromatic carbocycles. The first-order valence-corrected chi connectivity index (χ1v) is 15.6. The fourth-order valence-electron chi connectivity index (χ4n) is 4.59. The zero-order valence-corrected chi connectivity index (χ0v) is 24.0. The number of piperidine rings is 1. The van der Waals surface area contributed by atoms with Crippen LogP contribution in [0.2, 0.25) is 18.1 Å². The van der Waals surface area contributed by atoms with Crippen LogP contribution in [-0.4, -0.2) is 82.5 Å². The van der Waals surface area contributed by atoms with Crippen LogP contribution in [-0.2, 0) is 9.16 Å². The highest BCUT2D eigenvalue weighted by Gasteiger charge is 2.63. The highest BCUT2D eigenvalue weighted by atomic mass is 28.4. The Kier molecular flexibility index (Phi) is 6.49. The molecule has 3 amide bonds. The molecule has 0 unspecified atom stereocenters. The minimum Gasteiger partial charge on any atom is -0.446 e. The molecule has 11 nitrogen and oxygen atoms in total. The van der Waals surface area contributed by atoms with Crippen LogP contribution >= 0.6 is 0 Å². The third-order valence-electron chi connectivity index (χ3n) is 8.58. The number of ether oxygens (including phenoxy) is 1. The van der Waals surface area contributed by atoms with Crippen molar-refractivity contribution in [2.45, 2.75) is 103 Å². The molecule has 1 N–H and O–H groups in total. The molecule has 3 fully saturated rings. The number of hydrogen-bond acceptors (Lipinski definition) is 8. The molecule has 1 aromatic rings. The van der Waals surface area contributed by atoms with Crippen molar-refractivity contribution in [3.63, 3.8) is 0 Å². The van der Waals surface area contributed by atoms with Crippen molar-refractivity contribution < 1.29 is 28.4 Å². The van der Waals surface area contributed by atoms with E-state index in [2.05, 4.69) is 44.1 Å². The second-order valence-corrected chi connectivity index (χ2v) is 17.8. The van der Waals surface area contributed by atoms with E-state index in [1.165, 1.54) is 4.90 Å². The van der Waals surface area contributed by atoms with Gasteiger partial charge in [0.2, 0.25) is 11.8 Å². The third-order valence-corrected chi connectivity index (χ3v) is 13.1. The summed E-state index contributed by atoms with van der Waals surface area (Å²) < 4.78 is 18.3. The Morgan fingerprint density at radius 2 is 1.89 bits per heavy atom. The van der Waals surface area contributed by atoms with Crippen LogP contribution < -0.4 is 0 Å². The zero-order chi connectivity index (χ0) is 26.8. The van der Waals surface area contributed by atoms with Crippen LogP contribution in [0, 0.1) is 5.41 Å². The highest BCUT2D eigenvalue weighted by molar-refractivity contribution is 6.74. The largest absolute Gasteiger partial charge is 0.446 e. The highest BCUT2D eigenvalue weighted by Crippen LogP contribution is 2.61. The monoisotopic (exact) mass is 523 g/mol. The number of hydroxylamine groups is 2. The van der Waals surface area contributed by atoms with Crippen LogP contribution in [0.25, 0.3) is 0 Å². The molecule has 3 heterocycles. The van der Waals surface area contributed by atoms with Gasteiger partial charge in [0.25, 0.3) is 0 Å². The number of hydrogen-bond donors (Lipinski definition) is 1. The number of carbonyl (C=O) groups excluding carboxylic acids is 2. The second-order valence-electron chi connectivity index (χ2n) is 13.0. The summed E-state index contributed by atoms with van der Waals surface area (Å²) >= 11 is 0. The van der Waals surface area contributed by atoms with Crippen molar-refractivity contribution >= 4 is 20.4 Å². The molecule has 1 aromatic heterocycles. The third kappa shape index (κ3) is 4.74. The molecular formula is C24H41N5O6Si. The summed E-state index contributed by atoms with van der Waals surface area (Å²) in [7, 11) is -0.608. The van der Waals surface area contributed by atoms with Crippen molar-refractivity contribution in [2.75, 3.05) is 20.2 Å². The van der Waals surface area contributed by atoms with E-state index in [0.717, 1.165) is 17.9 Å². The molecule has 202 valence electrons. The van der Waals surface area contributed by atoms with Crippen molar-refractivity contribution in [3.05, 3.63) is 11.8 Å². The molecule has 1 aliphatic carbocycles. The lowest BCUT2D eigenvalue weighted by molar-refractivity contribution is -0.0784. The Hall–Kier alpha value is -2.18. The average molecular weight is 524 g/mol. The summed E-state index contributed by atoms with van der Waals surface area (Å²) in [5.74, 6) is 0.542. The molecule has 3 aliphatic rings. The van der Waals surface area contributed by atoms with E-state index >= 15 is 0 Å². The molecule has 36 heavy (non-hydrogen) atoms. The second kappa shape index (κ2) is 8.69. The number of aromatic nitrogens is 2. The number of carbonyl (C=O) groups is 2. The quantitative estimate of drug-likeness (QED) is 0.420. The topological polar surface area (TPSA) is 121 Å². The molecule has 0 radical (unpaired) electrons. The zero-order valence-electron chi connectivity index (χ0n) is 23.0. The predicted molar refractivity (Wildman–Crippen MR) is 133 cm³/mol. The maximum Gasteiger partial charge on any atom is 0.410 e. The van der Waals surface area contributed by atoms with Crippen LogP contribution in [0.5, 0.6) is 0 Å². The molecule has 1 spiro atoms. The summed E-state index contributed by atoms with van der Waals surface area (Å²) in [5.41, 5.74) is -0.494. The van der Waals surface area contributed by atoms with Gasteiger partial charge in [-0.05, 0) is 63.6 Å². The van der Waals surface area contributed by atoms with Crippen LogP contribution in [0.4, 0.5) is 9.59 Å². The first-order chi connectivity index (χ1) is 16.5. The molecule has 2 aliphatic heterocycles. The van der Waals surface area contributed by atoms with Gasteiger partial charge in [0.05, 0.1) is 6.04 Å². The Balaban J connectivity index is 1.57. The summed E-state index contributed by atoms with van der Waals surface area (Å²) in [6.45, 7) is 16.8. The van der Waals surface area contributed by atoms with Crippen molar-refractivity contribution in [2.24, 2.45) is 5.41 Å². The van der Waals surface area contributed by atoms with Gasteiger partial charge in [-0.1, -0.05) is 20.8 Å². The molecule has 1 saturated carbocycles. The number of nitrogens with zero attached hydrogens (tertiary/aromatic N) is 5. The van der Waals surface area contributed by atoms with E-state index in [0.29, 0.717) is 18.9 Å². The van der Waals surface area contributed by atoms with E-state index in [4.69, 9.17) is 13.6 Å². The van der Waals surface area contributed by atoms with E-state index in [1.807, 2.05) is 20.8 Å². The van der Waals surface area contributed by atoms with Gasteiger partial charge in [0.1, 0.15) is 12.6 Å². The summed E-state index contributed by atoms with van der Waals surface area (Å²) in [5, 5.41) is 19.7. The normalized spacial score (nSPS) is 24.3. The molecule has 2 bridgehead atoms. The average Bonchev–Trinajstić information content (AvgIpc) is 3.25. The molecule has 2 saturated heterocycles. The predicted octanol–water partition coefficient (Wildman–Crippen LogP) is 4.72. The van der Waals surface area contributed by atoms with E-state index in [9.17, 15) is 14.8 Å². The first kappa shape index (κ1) is 26.9. The molecule has 3 atom stereocenters. The maximum absolute atomic E-state index is 12.7. The van der Waals surface area contributed by atoms with Crippen LogP contribution in [0.3, 0.4) is 0 Å². The number of amides is 3. The van der Waals surface area contributed by atoms with Crippen molar-refractivity contribution in [3.8, 4) is 0 Å². The smallest absolute Gasteiger partial charge is 0.410 e. The lowest BCUT2D eigenvalue weighted by Gasteiger charge is -2.38. The van der Waals surface area contributed by atoms with Gasteiger partial charge >= 0.3 is 12.1 Å². The lowest BCUT2D eigenvalue weighted by atomic mass is 9.85. The fraction of sp³-hybridized carbons (Fsp3) is 0.833. The number of urea groups is 1. The summed E-state index contributed by atoms with van der Waals surface area (Å²) in [6, 6.07) is -1.02. The Morgan fingerprint density at radius 1 is 1.25 bits per heavy atom. The Labute approximate surface area is 214 Å². The Morgan fingerprint density at radius 3 is 2.44 bits per heavy atom. The standard InChI is InChI=1S/C24H41N5O6Si/c1-22(2,3)27(7)21(31)33-14-16(35-36(8,9)23(4,5)6)19-26-25-18(34-19)15-12-24(10-11-24)17-13-28(15)20(30)29(17)32/h15-17,32H,10-14H2,1-9H3/t15-,16-,17-/m0/s1. The van der Waals surface area contributed by atoms with Gasteiger partial charge in [-0.15, -0.1) is 10.2 Å². The fourth-order valence-corrected chi connectivity index (χ4v) is 5.82. The van der Waals surface area contributed by atoms with Crippen molar-refractivity contribution in [1.82, 2.24) is 25.1 Å². The van der Waals surface area contributed by atoms with Gasteiger partial charge in [-0.2, -0.15) is 0 Å². The first-order valence-electron chi connectivity index (χ1n) is 12.7. The molecular weight excluding hydrogens is 482 g/mol. The van der Waals surface area contributed by atoms with Crippen LogP contribution in [0.15, 0.2) is 4.42 Å². The summed E-state index contributed by atoms with van der Waals surface area (Å²) in [4.78, 5) is 28.5. The van der Waals surface area contributed by atoms with Gasteiger partial charge in [0, 0.05) is 19.1 Å². The lowest BCUT2D eigenvalue weighted by Crippen LogP contribution is -2.45. The minimum atomic E-state index is -2.30. The molecule has 4 rings (SSSR count). The number of fused-ring (bicyclic) bond motifs is 3. The minimum absolute atomic E-state index is 0.0723. The number of rotatable bonds is 6. The SMILES string of the molecule is CN(C(=O)OC[C@H](O[Si](C)(C)C(C)(C)C)c1nnc([C@@H]2CC3(CC3)[C@@H]3CN2C(=O)N3O)o1)C(C)(C)C. The van der Waals surface area contributed by atoms with Crippen molar-refractivity contribution in [1.29, 1.82) is 0 Å². The van der Waals surface area contributed by atoms with Gasteiger partial charge in [-0.3, -0.25) is 5.21 Å². The molecule has 12 heteroatoms. The van der Waals surface area contributed by atoms with Gasteiger partial charge in [0.15, 0.2) is 14.4 Å². The van der Waals surface area contributed by atoms with Gasteiger partial charge < -0.3 is 23.4 Å². The van der Waals surface area contributed by atoms with E-state index < -0.39 is 38.1 Å². The Bertz CT molecular complexity index is 1010. The van der Waals surface area contributed by atoms with Crippen LogP contribution in [0.1, 0.15) is 84.7 Å². The maximum atomic E-state index is 12.7. The van der Waals surface area contributed by atoms with Gasteiger partial charge in [-0.25, -0.2) is 14.7 Å².